The Kier molecular flexibility index (Phi) is 5.34. The molecule has 0 fully saturated rings. The first-order valence-electron chi connectivity index (χ1n) is 18.5. The van der Waals surface area contributed by atoms with Gasteiger partial charge < -0.3 is 4.40 Å². The molecule has 0 aliphatic carbocycles. The van der Waals surface area contributed by atoms with Gasteiger partial charge in [0.15, 0.2) is 5.82 Å². The van der Waals surface area contributed by atoms with Crippen LogP contribution in [-0.4, -0.2) is 18.9 Å². The standard InChI is InChI=1S/C50H28N4/c1-3-13-33-29(11-1)21-22-31-27-32(24-25-34(31)33)49-51-42-18-8-5-16-38(42)50(52-49)54-46-35-14-4-2-12-30(35)23-26-37(46)41-28-40-36-15-6-9-19-43(36)53-44-20-10-7-17-39(44)45(47(40)53)48(41)54/h1-28H. The van der Waals surface area contributed by atoms with Crippen molar-refractivity contribution in [1.29, 1.82) is 0 Å². The molecule has 54 heavy (non-hydrogen) atoms. The molecule has 0 saturated carbocycles. The minimum atomic E-state index is 0.709. The third-order valence-corrected chi connectivity index (χ3v) is 11.8. The maximum atomic E-state index is 5.61. The van der Waals surface area contributed by atoms with Gasteiger partial charge in [0, 0.05) is 48.7 Å². The van der Waals surface area contributed by atoms with Gasteiger partial charge in [-0.25, -0.2) is 9.97 Å². The molecule has 13 aromatic rings. The molecule has 4 heteroatoms. The summed E-state index contributed by atoms with van der Waals surface area (Å²) in [6.07, 6.45) is 0. The van der Waals surface area contributed by atoms with Gasteiger partial charge in [-0.1, -0.05) is 133 Å². The number of hydrogen-bond acceptors (Lipinski definition) is 2. The van der Waals surface area contributed by atoms with E-state index in [1.54, 1.807) is 0 Å². The summed E-state index contributed by atoms with van der Waals surface area (Å²) < 4.78 is 4.94. The zero-order valence-electron chi connectivity index (χ0n) is 29.0. The van der Waals surface area contributed by atoms with Crippen LogP contribution in [0.15, 0.2) is 170 Å². The number of fused-ring (bicyclic) bond motifs is 16. The van der Waals surface area contributed by atoms with E-state index in [1.165, 1.54) is 86.7 Å². The Balaban J connectivity index is 1.23. The van der Waals surface area contributed by atoms with Crippen molar-refractivity contribution in [1.82, 2.24) is 18.9 Å². The number of rotatable bonds is 2. The molecule has 0 bridgehead atoms. The Morgan fingerprint density at radius 2 is 0.944 bits per heavy atom. The molecule has 9 aromatic carbocycles. The minimum Gasteiger partial charge on any atom is -0.308 e. The number of aromatic nitrogens is 4. The summed E-state index contributed by atoms with van der Waals surface area (Å²) in [6.45, 7) is 0. The Morgan fingerprint density at radius 3 is 1.80 bits per heavy atom. The molecule has 0 spiro atoms. The zero-order chi connectivity index (χ0) is 35.1. The van der Waals surface area contributed by atoms with E-state index < -0.39 is 0 Å². The topological polar surface area (TPSA) is 35.1 Å². The van der Waals surface area contributed by atoms with Crippen LogP contribution in [0.4, 0.5) is 0 Å². The van der Waals surface area contributed by atoms with E-state index in [0.717, 1.165) is 27.8 Å². The van der Waals surface area contributed by atoms with Gasteiger partial charge in [0.25, 0.3) is 0 Å². The molecule has 0 amide bonds. The first kappa shape index (κ1) is 28.3. The summed E-state index contributed by atoms with van der Waals surface area (Å²) >= 11 is 0. The normalized spacial score (nSPS) is 12.4. The van der Waals surface area contributed by atoms with Crippen LogP contribution in [0.5, 0.6) is 0 Å². The quantitative estimate of drug-likeness (QED) is 0.170. The van der Waals surface area contributed by atoms with Gasteiger partial charge in [0.1, 0.15) is 5.82 Å². The molecule has 248 valence electrons. The van der Waals surface area contributed by atoms with E-state index >= 15 is 0 Å². The first-order chi connectivity index (χ1) is 26.8. The van der Waals surface area contributed by atoms with Crippen LogP contribution in [0.2, 0.25) is 0 Å². The highest BCUT2D eigenvalue weighted by molar-refractivity contribution is 6.35. The van der Waals surface area contributed by atoms with Crippen molar-refractivity contribution in [2.24, 2.45) is 0 Å². The Labute approximate surface area is 308 Å². The third kappa shape index (κ3) is 3.57. The average Bonchev–Trinajstić information content (AvgIpc) is 3.88. The smallest absolute Gasteiger partial charge is 0.162 e. The SMILES string of the molecule is c1ccc2c(c1)ccc1cc(-c3nc(-n4c5c6ccccc6ccc5c5cc6c7ccccc7n7c8ccccc8c(c54)c67)c4ccccc4n3)ccc12. The molecule has 4 nitrogen and oxygen atoms in total. The van der Waals surface area contributed by atoms with Crippen molar-refractivity contribution in [2.75, 3.05) is 0 Å². The molecule has 0 saturated heterocycles. The van der Waals surface area contributed by atoms with Crippen LogP contribution in [-0.2, 0) is 0 Å². The summed E-state index contributed by atoms with van der Waals surface area (Å²) in [6, 6.07) is 61.6. The van der Waals surface area contributed by atoms with Crippen LogP contribution in [0, 0.1) is 0 Å². The fraction of sp³-hybridized carbons (Fsp3) is 0. The molecule has 13 rings (SSSR count). The number of nitrogens with zero attached hydrogens (tertiary/aromatic N) is 4. The van der Waals surface area contributed by atoms with E-state index in [4.69, 9.17) is 9.97 Å². The van der Waals surface area contributed by atoms with Crippen molar-refractivity contribution in [2.45, 2.75) is 0 Å². The largest absolute Gasteiger partial charge is 0.308 e. The maximum Gasteiger partial charge on any atom is 0.162 e. The summed E-state index contributed by atoms with van der Waals surface area (Å²) in [5, 5.41) is 15.8. The van der Waals surface area contributed by atoms with Gasteiger partial charge in [0.2, 0.25) is 0 Å². The Morgan fingerprint density at radius 1 is 0.352 bits per heavy atom. The van der Waals surface area contributed by atoms with E-state index in [-0.39, 0.29) is 0 Å². The summed E-state index contributed by atoms with van der Waals surface area (Å²) in [5.41, 5.74) is 7.93. The van der Waals surface area contributed by atoms with Gasteiger partial charge in [-0.05, 0) is 63.3 Å². The predicted molar refractivity (Wildman–Crippen MR) is 226 cm³/mol. The number of para-hydroxylation sites is 3. The van der Waals surface area contributed by atoms with Crippen molar-refractivity contribution < 1.29 is 0 Å². The maximum absolute atomic E-state index is 5.61. The van der Waals surface area contributed by atoms with Crippen molar-refractivity contribution in [3.8, 4) is 17.2 Å². The molecule has 0 N–H and O–H groups in total. The fourth-order valence-corrected chi connectivity index (χ4v) is 9.49. The second-order valence-electron chi connectivity index (χ2n) is 14.5. The molecule has 4 aromatic heterocycles. The lowest BCUT2D eigenvalue weighted by atomic mass is 10.00. The second-order valence-corrected chi connectivity index (χ2v) is 14.5. The van der Waals surface area contributed by atoms with Crippen LogP contribution < -0.4 is 0 Å². The third-order valence-electron chi connectivity index (χ3n) is 11.8. The number of hydrogen-bond donors (Lipinski definition) is 0. The predicted octanol–water partition coefficient (Wildman–Crippen LogP) is 13.0. The highest BCUT2D eigenvalue weighted by atomic mass is 15.1. The van der Waals surface area contributed by atoms with Gasteiger partial charge in [-0.15, -0.1) is 0 Å². The van der Waals surface area contributed by atoms with Crippen LogP contribution in [0.1, 0.15) is 0 Å². The van der Waals surface area contributed by atoms with Crippen molar-refractivity contribution >= 4 is 103 Å². The molecular weight excluding hydrogens is 657 g/mol. The summed E-state index contributed by atoms with van der Waals surface area (Å²) in [7, 11) is 0. The molecule has 0 atom stereocenters. The molecular formula is C50H28N4. The molecule has 0 aliphatic rings. The summed E-state index contributed by atoms with van der Waals surface area (Å²) in [5.74, 6) is 1.59. The second kappa shape index (κ2) is 10.2. The van der Waals surface area contributed by atoms with Gasteiger partial charge in [-0.2, -0.15) is 0 Å². The Hall–Kier alpha value is -7.30. The molecule has 0 aliphatic heterocycles. The lowest BCUT2D eigenvalue weighted by Crippen LogP contribution is -2.03. The summed E-state index contributed by atoms with van der Waals surface area (Å²) in [4.78, 5) is 10.9. The van der Waals surface area contributed by atoms with Crippen LogP contribution in [0.25, 0.3) is 120 Å². The van der Waals surface area contributed by atoms with Crippen LogP contribution in [0.3, 0.4) is 0 Å². The Bertz CT molecular complexity index is 3740. The minimum absolute atomic E-state index is 0.709. The highest BCUT2D eigenvalue weighted by Gasteiger charge is 2.26. The van der Waals surface area contributed by atoms with Gasteiger partial charge in [0.05, 0.1) is 33.1 Å². The van der Waals surface area contributed by atoms with E-state index in [1.807, 2.05) is 0 Å². The van der Waals surface area contributed by atoms with Gasteiger partial charge in [-0.3, -0.25) is 4.57 Å². The highest BCUT2D eigenvalue weighted by Crippen LogP contribution is 2.48. The fourth-order valence-electron chi connectivity index (χ4n) is 9.49. The molecule has 0 unspecified atom stereocenters. The average molecular weight is 685 g/mol. The van der Waals surface area contributed by atoms with E-state index in [2.05, 4.69) is 179 Å². The van der Waals surface area contributed by atoms with Crippen molar-refractivity contribution in [3.63, 3.8) is 0 Å². The lowest BCUT2D eigenvalue weighted by molar-refractivity contribution is 1.08. The zero-order valence-corrected chi connectivity index (χ0v) is 29.0. The van der Waals surface area contributed by atoms with Gasteiger partial charge >= 0.3 is 0 Å². The van der Waals surface area contributed by atoms with Crippen molar-refractivity contribution in [3.05, 3.63) is 170 Å². The lowest BCUT2D eigenvalue weighted by Gasteiger charge is -2.14. The van der Waals surface area contributed by atoms with E-state index in [0.29, 0.717) is 5.82 Å². The molecule has 0 radical (unpaired) electrons. The molecule has 4 heterocycles. The van der Waals surface area contributed by atoms with E-state index in [9.17, 15) is 0 Å². The first-order valence-corrected chi connectivity index (χ1v) is 18.5. The monoisotopic (exact) mass is 684 g/mol. The number of benzene rings is 9. The van der Waals surface area contributed by atoms with Crippen LogP contribution >= 0.6 is 0 Å².